The summed E-state index contributed by atoms with van der Waals surface area (Å²) >= 11 is 5.76. The Morgan fingerprint density at radius 2 is 1.94 bits per heavy atom. The summed E-state index contributed by atoms with van der Waals surface area (Å²) in [7, 11) is 0. The highest BCUT2D eigenvalue weighted by molar-refractivity contribution is 6.29. The molecule has 4 aromatic rings. The van der Waals surface area contributed by atoms with Gasteiger partial charge in [-0.05, 0) is 24.3 Å². The second-order valence-electron chi connectivity index (χ2n) is 6.94. The number of aromatic nitrogens is 3. The molecular weight excluding hydrogens is 447 g/mol. The van der Waals surface area contributed by atoms with E-state index in [-0.39, 0.29) is 23.4 Å². The van der Waals surface area contributed by atoms with Crippen LogP contribution in [-0.2, 0) is 13.2 Å². The third-order valence-electron chi connectivity index (χ3n) is 4.68. The number of hydrogen-bond acceptors (Lipinski definition) is 4. The molecule has 0 atom stereocenters. The fraction of sp³-hybridized carbons (Fsp3) is 0.136. The molecule has 0 saturated carbocycles. The molecule has 0 bridgehead atoms. The lowest BCUT2D eigenvalue weighted by atomic mass is 10.1. The lowest BCUT2D eigenvalue weighted by Crippen LogP contribution is -2.46. The van der Waals surface area contributed by atoms with Crippen LogP contribution in [0.4, 0.5) is 13.2 Å². The van der Waals surface area contributed by atoms with Crippen LogP contribution in [0.3, 0.4) is 0 Å². The van der Waals surface area contributed by atoms with Gasteiger partial charge in [0.1, 0.15) is 17.5 Å². The number of nitrogens with zero attached hydrogens (tertiary/aromatic N) is 3. The topological polar surface area (TPSA) is 67.7 Å². The first-order valence-electron chi connectivity index (χ1n) is 9.39. The van der Waals surface area contributed by atoms with Gasteiger partial charge in [-0.25, -0.2) is 9.78 Å². The summed E-state index contributed by atoms with van der Waals surface area (Å²) < 4.78 is 47.0. The van der Waals surface area contributed by atoms with Gasteiger partial charge in [-0.3, -0.25) is 0 Å². The fourth-order valence-corrected chi connectivity index (χ4v) is 3.38. The molecule has 164 valence electrons. The van der Waals surface area contributed by atoms with E-state index in [9.17, 15) is 23.1 Å². The molecule has 0 aliphatic carbocycles. The van der Waals surface area contributed by atoms with Gasteiger partial charge in [-0.15, -0.1) is 0 Å². The van der Waals surface area contributed by atoms with E-state index < -0.39 is 24.2 Å². The van der Waals surface area contributed by atoms with Crippen LogP contribution in [0.2, 0.25) is 5.15 Å². The number of benzene rings is 1. The van der Waals surface area contributed by atoms with Gasteiger partial charge < -0.3 is 9.84 Å². The Balaban J connectivity index is 1.77. The molecule has 0 fully saturated rings. The van der Waals surface area contributed by atoms with Gasteiger partial charge >= 0.3 is 11.7 Å². The highest BCUT2D eigenvalue weighted by Gasteiger charge is 2.36. The van der Waals surface area contributed by atoms with E-state index in [1.807, 2.05) is 0 Å². The van der Waals surface area contributed by atoms with Crippen LogP contribution in [0, 0.1) is 0 Å². The molecule has 3 aromatic heterocycles. The SMILES string of the molecule is O=c1c(-c2cccc(OCc3ccc(Cl)nc3)c2)c(O)[n+](CC(F)(F)F)c2ccccn12. The normalized spacial score (nSPS) is 11.6. The van der Waals surface area contributed by atoms with Crippen LogP contribution >= 0.6 is 11.6 Å². The van der Waals surface area contributed by atoms with Crippen molar-refractivity contribution >= 4 is 17.2 Å². The molecule has 10 heteroatoms. The molecule has 0 radical (unpaired) electrons. The molecule has 0 amide bonds. The number of halogens is 4. The zero-order valence-electron chi connectivity index (χ0n) is 16.4. The zero-order chi connectivity index (χ0) is 22.9. The van der Waals surface area contributed by atoms with E-state index in [1.54, 1.807) is 30.5 Å². The molecule has 0 saturated heterocycles. The quantitative estimate of drug-likeness (QED) is 0.357. The van der Waals surface area contributed by atoms with E-state index >= 15 is 0 Å². The van der Waals surface area contributed by atoms with Gasteiger partial charge in [0.15, 0.2) is 12.1 Å². The number of rotatable bonds is 5. The van der Waals surface area contributed by atoms with E-state index in [4.69, 9.17) is 16.3 Å². The van der Waals surface area contributed by atoms with Crippen LogP contribution in [0.1, 0.15) is 5.56 Å². The standard InChI is InChI=1S/C22H15ClF3N3O3/c23-17-8-7-14(11-27-17)12-32-16-5-3-4-15(10-16)19-20(30)28-9-2-1-6-18(28)29(21(19)31)13-22(24,25)26/h1-11H,12-13H2/p+1. The second-order valence-corrected chi connectivity index (χ2v) is 7.33. The van der Waals surface area contributed by atoms with E-state index in [2.05, 4.69) is 4.98 Å². The summed E-state index contributed by atoms with van der Waals surface area (Å²) in [6.45, 7) is -1.30. The Hall–Kier alpha value is -3.59. The summed E-state index contributed by atoms with van der Waals surface area (Å²) in [5.41, 5.74) is -0.0456. The first-order chi connectivity index (χ1) is 15.2. The predicted octanol–water partition coefficient (Wildman–Crippen LogP) is 4.15. The van der Waals surface area contributed by atoms with Crippen molar-refractivity contribution in [1.29, 1.82) is 0 Å². The highest BCUT2D eigenvalue weighted by atomic mass is 35.5. The minimum atomic E-state index is -4.61. The van der Waals surface area contributed by atoms with Crippen LogP contribution in [0.15, 0.2) is 71.8 Å². The maximum absolute atomic E-state index is 13.2. The monoisotopic (exact) mass is 462 g/mol. The van der Waals surface area contributed by atoms with Crippen LogP contribution in [0.5, 0.6) is 11.6 Å². The van der Waals surface area contributed by atoms with Crippen molar-refractivity contribution in [3.8, 4) is 22.8 Å². The highest BCUT2D eigenvalue weighted by Crippen LogP contribution is 2.28. The maximum atomic E-state index is 13.2. The van der Waals surface area contributed by atoms with Crippen molar-refractivity contribution in [2.45, 2.75) is 19.3 Å². The fourth-order valence-electron chi connectivity index (χ4n) is 3.27. The molecule has 0 unspecified atom stereocenters. The average Bonchev–Trinajstić information content (AvgIpc) is 2.76. The van der Waals surface area contributed by atoms with Gasteiger partial charge in [0.05, 0.1) is 6.20 Å². The van der Waals surface area contributed by atoms with Crippen molar-refractivity contribution in [3.63, 3.8) is 0 Å². The van der Waals surface area contributed by atoms with Crippen molar-refractivity contribution < 1.29 is 27.6 Å². The summed E-state index contributed by atoms with van der Waals surface area (Å²) in [5, 5.41) is 11.0. The molecule has 0 aliphatic heterocycles. The minimum absolute atomic E-state index is 0.0845. The molecule has 0 aliphatic rings. The minimum Gasteiger partial charge on any atom is -0.489 e. The van der Waals surface area contributed by atoms with Crippen molar-refractivity contribution in [2.75, 3.05) is 0 Å². The summed E-state index contributed by atoms with van der Waals surface area (Å²) in [6.07, 6.45) is -1.71. The lowest BCUT2D eigenvalue weighted by molar-refractivity contribution is -0.703. The Kier molecular flexibility index (Phi) is 5.75. The number of pyridine rings is 2. The Bertz CT molecular complexity index is 1340. The molecular formula is C22H16ClF3N3O3+. The van der Waals surface area contributed by atoms with Gasteiger partial charge in [-0.1, -0.05) is 35.9 Å². The molecule has 0 spiro atoms. The Labute approximate surface area is 184 Å². The van der Waals surface area contributed by atoms with E-state index in [0.717, 1.165) is 9.96 Å². The smallest absolute Gasteiger partial charge is 0.426 e. The molecule has 32 heavy (non-hydrogen) atoms. The first kappa shape index (κ1) is 21.6. The van der Waals surface area contributed by atoms with E-state index in [0.29, 0.717) is 15.5 Å². The first-order valence-corrected chi connectivity index (χ1v) is 9.77. The van der Waals surface area contributed by atoms with Crippen molar-refractivity contribution in [2.24, 2.45) is 0 Å². The number of fused-ring (bicyclic) bond motifs is 1. The van der Waals surface area contributed by atoms with Gasteiger partial charge in [0.2, 0.25) is 0 Å². The van der Waals surface area contributed by atoms with Crippen molar-refractivity contribution in [1.82, 2.24) is 9.38 Å². The van der Waals surface area contributed by atoms with Crippen LogP contribution < -0.4 is 14.9 Å². The third-order valence-corrected chi connectivity index (χ3v) is 4.90. The summed E-state index contributed by atoms with van der Waals surface area (Å²) in [6, 6.07) is 13.9. The van der Waals surface area contributed by atoms with Crippen molar-refractivity contribution in [3.05, 3.63) is 88.1 Å². The molecule has 4 rings (SSSR count). The molecule has 1 aromatic carbocycles. The second kappa shape index (κ2) is 8.51. The lowest BCUT2D eigenvalue weighted by Gasteiger charge is -2.12. The zero-order valence-corrected chi connectivity index (χ0v) is 17.1. The molecule has 3 heterocycles. The van der Waals surface area contributed by atoms with Crippen LogP contribution in [-0.4, -0.2) is 20.7 Å². The predicted molar refractivity (Wildman–Crippen MR) is 111 cm³/mol. The number of ether oxygens (including phenoxy) is 1. The summed E-state index contributed by atoms with van der Waals surface area (Å²) in [5.74, 6) is -0.422. The average molecular weight is 463 g/mol. The Morgan fingerprint density at radius 1 is 1.12 bits per heavy atom. The van der Waals surface area contributed by atoms with E-state index in [1.165, 1.54) is 36.5 Å². The number of alkyl halides is 3. The van der Waals surface area contributed by atoms with Crippen LogP contribution in [0.25, 0.3) is 16.8 Å². The molecule has 6 nitrogen and oxygen atoms in total. The maximum Gasteiger partial charge on any atom is 0.426 e. The van der Waals surface area contributed by atoms with Gasteiger partial charge in [0, 0.05) is 23.4 Å². The largest absolute Gasteiger partial charge is 0.489 e. The number of hydrogen-bond donors (Lipinski definition) is 1. The number of aromatic hydroxyl groups is 1. The molecule has 1 N–H and O–H groups in total. The van der Waals surface area contributed by atoms with Gasteiger partial charge in [0.25, 0.3) is 11.5 Å². The Morgan fingerprint density at radius 3 is 2.66 bits per heavy atom. The summed E-state index contributed by atoms with van der Waals surface area (Å²) in [4.78, 5) is 17.0. The third kappa shape index (κ3) is 4.52. The van der Waals surface area contributed by atoms with Gasteiger partial charge in [-0.2, -0.15) is 22.1 Å².